The van der Waals surface area contributed by atoms with Crippen LogP contribution in [0.3, 0.4) is 0 Å². The lowest BCUT2D eigenvalue weighted by Crippen LogP contribution is -2.18. The Kier molecular flexibility index (Phi) is 4.70. The van der Waals surface area contributed by atoms with E-state index in [4.69, 9.17) is 27.9 Å². The first kappa shape index (κ1) is 17.3. The van der Waals surface area contributed by atoms with E-state index in [9.17, 15) is 9.59 Å². The molecule has 0 radical (unpaired) electrons. The SMILES string of the molecule is COc1ccc(C)c2c(=O)cc(C(=O)Nc3cccc(Cl)c3Cl)[nH]c12. The zero-order valence-electron chi connectivity index (χ0n) is 13.4. The number of nitrogens with one attached hydrogen (secondary N) is 2. The normalized spacial score (nSPS) is 10.7. The molecule has 0 aliphatic heterocycles. The van der Waals surface area contributed by atoms with E-state index in [0.29, 0.717) is 27.4 Å². The zero-order chi connectivity index (χ0) is 18.1. The number of pyridine rings is 1. The highest BCUT2D eigenvalue weighted by atomic mass is 35.5. The topological polar surface area (TPSA) is 71.2 Å². The highest BCUT2D eigenvalue weighted by Gasteiger charge is 2.15. The molecule has 0 unspecified atom stereocenters. The van der Waals surface area contributed by atoms with Crippen LogP contribution in [0.4, 0.5) is 5.69 Å². The standard InChI is InChI=1S/C18H14Cl2N2O3/c1-9-6-7-14(25-2)17-15(9)13(23)8-12(21-17)18(24)22-11-5-3-4-10(19)16(11)20/h3-8H,1-2H3,(H,21,23)(H,22,24). The predicted molar refractivity (Wildman–Crippen MR) is 100 cm³/mol. The maximum atomic E-state index is 12.5. The highest BCUT2D eigenvalue weighted by molar-refractivity contribution is 6.44. The highest BCUT2D eigenvalue weighted by Crippen LogP contribution is 2.30. The van der Waals surface area contributed by atoms with Crippen LogP contribution in [0, 0.1) is 6.92 Å². The fourth-order valence-corrected chi connectivity index (χ4v) is 2.93. The third-order valence-corrected chi connectivity index (χ3v) is 4.64. The number of halogens is 2. The minimum Gasteiger partial charge on any atom is -0.495 e. The number of H-pyrrole nitrogens is 1. The summed E-state index contributed by atoms with van der Waals surface area (Å²) in [6.45, 7) is 1.82. The third-order valence-electron chi connectivity index (χ3n) is 3.82. The van der Waals surface area contributed by atoms with Gasteiger partial charge >= 0.3 is 0 Å². The number of hydrogen-bond acceptors (Lipinski definition) is 3. The minimum atomic E-state index is -0.508. The van der Waals surface area contributed by atoms with E-state index in [-0.39, 0.29) is 16.1 Å². The van der Waals surface area contributed by atoms with E-state index in [1.54, 1.807) is 30.3 Å². The monoisotopic (exact) mass is 376 g/mol. The maximum Gasteiger partial charge on any atom is 0.272 e. The van der Waals surface area contributed by atoms with Crippen LogP contribution in [0.2, 0.25) is 10.0 Å². The maximum absolute atomic E-state index is 12.5. The summed E-state index contributed by atoms with van der Waals surface area (Å²) in [6, 6.07) is 9.69. The summed E-state index contributed by atoms with van der Waals surface area (Å²) in [6.07, 6.45) is 0. The van der Waals surface area contributed by atoms with Gasteiger partial charge in [-0.25, -0.2) is 0 Å². The van der Waals surface area contributed by atoms with E-state index in [0.717, 1.165) is 5.56 Å². The van der Waals surface area contributed by atoms with Crippen LogP contribution in [-0.2, 0) is 0 Å². The van der Waals surface area contributed by atoms with Gasteiger partial charge < -0.3 is 15.0 Å². The number of ether oxygens (including phenoxy) is 1. The molecule has 1 heterocycles. The molecule has 1 aromatic heterocycles. The molecule has 0 bridgehead atoms. The molecule has 0 saturated carbocycles. The lowest BCUT2D eigenvalue weighted by molar-refractivity contribution is 0.102. The van der Waals surface area contributed by atoms with Gasteiger partial charge in [-0.2, -0.15) is 0 Å². The molecule has 1 amide bonds. The van der Waals surface area contributed by atoms with Crippen molar-refractivity contribution in [3.63, 3.8) is 0 Å². The predicted octanol–water partition coefficient (Wildman–Crippen LogP) is 4.40. The summed E-state index contributed by atoms with van der Waals surface area (Å²) in [5, 5.41) is 3.68. The van der Waals surface area contributed by atoms with Crippen molar-refractivity contribution in [3.8, 4) is 5.75 Å². The number of aromatic amines is 1. The first-order chi connectivity index (χ1) is 11.9. The smallest absolute Gasteiger partial charge is 0.272 e. The van der Waals surface area contributed by atoms with Crippen molar-refractivity contribution in [3.05, 3.63) is 67.9 Å². The largest absolute Gasteiger partial charge is 0.495 e. The van der Waals surface area contributed by atoms with E-state index in [2.05, 4.69) is 10.3 Å². The number of rotatable bonds is 3. The van der Waals surface area contributed by atoms with Crippen LogP contribution in [0.1, 0.15) is 16.1 Å². The van der Waals surface area contributed by atoms with Gasteiger partial charge in [0.05, 0.1) is 33.7 Å². The van der Waals surface area contributed by atoms with Crippen LogP contribution in [0.25, 0.3) is 10.9 Å². The molecular formula is C18H14Cl2N2O3. The number of fused-ring (bicyclic) bond motifs is 1. The minimum absolute atomic E-state index is 0.0949. The van der Waals surface area contributed by atoms with Gasteiger partial charge in [0.25, 0.3) is 5.91 Å². The number of hydrogen-bond donors (Lipinski definition) is 2. The Morgan fingerprint density at radius 2 is 1.96 bits per heavy atom. The molecule has 128 valence electrons. The molecule has 3 aromatic rings. The molecule has 2 aromatic carbocycles. The molecule has 0 aliphatic carbocycles. The van der Waals surface area contributed by atoms with Crippen molar-refractivity contribution in [1.82, 2.24) is 4.98 Å². The molecule has 7 heteroatoms. The van der Waals surface area contributed by atoms with Gasteiger partial charge in [0, 0.05) is 6.07 Å². The molecule has 3 rings (SSSR count). The molecule has 0 aliphatic rings. The second kappa shape index (κ2) is 6.78. The summed E-state index contributed by atoms with van der Waals surface area (Å²) in [5.41, 5.74) is 1.44. The fourth-order valence-electron chi connectivity index (χ4n) is 2.59. The number of carbonyl (C=O) groups is 1. The number of aromatic nitrogens is 1. The number of amides is 1. The lowest BCUT2D eigenvalue weighted by Gasteiger charge is -2.11. The van der Waals surface area contributed by atoms with Crippen molar-refractivity contribution >= 4 is 45.7 Å². The van der Waals surface area contributed by atoms with E-state index in [1.807, 2.05) is 6.92 Å². The lowest BCUT2D eigenvalue weighted by atomic mass is 10.1. The fraction of sp³-hybridized carbons (Fsp3) is 0.111. The Labute approximate surface area is 153 Å². The van der Waals surface area contributed by atoms with Crippen LogP contribution in [0.15, 0.2) is 41.2 Å². The van der Waals surface area contributed by atoms with Gasteiger partial charge in [0.15, 0.2) is 5.43 Å². The summed E-state index contributed by atoms with van der Waals surface area (Å²) >= 11 is 12.0. The molecule has 0 saturated heterocycles. The van der Waals surface area contributed by atoms with Crippen LogP contribution < -0.4 is 15.5 Å². The second-order valence-electron chi connectivity index (χ2n) is 5.44. The van der Waals surface area contributed by atoms with Gasteiger partial charge in [-0.15, -0.1) is 0 Å². The Balaban J connectivity index is 2.08. The molecule has 25 heavy (non-hydrogen) atoms. The first-order valence-electron chi connectivity index (χ1n) is 7.38. The molecule has 0 atom stereocenters. The van der Waals surface area contributed by atoms with Crippen LogP contribution >= 0.6 is 23.2 Å². The van der Waals surface area contributed by atoms with Gasteiger partial charge in [-0.1, -0.05) is 35.3 Å². The summed E-state index contributed by atoms with van der Waals surface area (Å²) in [4.78, 5) is 28.0. The third kappa shape index (κ3) is 3.21. The van der Waals surface area contributed by atoms with E-state index >= 15 is 0 Å². The number of methoxy groups -OCH3 is 1. The summed E-state index contributed by atoms with van der Waals surface area (Å²) in [5.74, 6) is -0.0279. The second-order valence-corrected chi connectivity index (χ2v) is 6.22. The summed E-state index contributed by atoms with van der Waals surface area (Å²) in [7, 11) is 1.50. The van der Waals surface area contributed by atoms with Crippen molar-refractivity contribution in [2.24, 2.45) is 0 Å². The molecule has 0 spiro atoms. The van der Waals surface area contributed by atoms with Crippen molar-refractivity contribution in [2.45, 2.75) is 6.92 Å². The Morgan fingerprint density at radius 3 is 2.68 bits per heavy atom. The van der Waals surface area contributed by atoms with Gasteiger partial charge in [-0.05, 0) is 30.7 Å². The number of anilines is 1. The van der Waals surface area contributed by atoms with Crippen molar-refractivity contribution in [1.29, 1.82) is 0 Å². The Bertz CT molecular complexity index is 1040. The van der Waals surface area contributed by atoms with E-state index < -0.39 is 5.91 Å². The Morgan fingerprint density at radius 1 is 1.20 bits per heavy atom. The number of aryl methyl sites for hydroxylation is 1. The average Bonchev–Trinajstić information content (AvgIpc) is 2.58. The van der Waals surface area contributed by atoms with Gasteiger partial charge in [0.2, 0.25) is 0 Å². The van der Waals surface area contributed by atoms with Crippen molar-refractivity contribution in [2.75, 3.05) is 12.4 Å². The average molecular weight is 377 g/mol. The van der Waals surface area contributed by atoms with Gasteiger partial charge in [0.1, 0.15) is 11.4 Å². The quantitative estimate of drug-likeness (QED) is 0.711. The van der Waals surface area contributed by atoms with E-state index in [1.165, 1.54) is 13.2 Å². The summed E-state index contributed by atoms with van der Waals surface area (Å²) < 4.78 is 5.28. The first-order valence-corrected chi connectivity index (χ1v) is 8.14. The molecule has 0 fully saturated rings. The molecule has 2 N–H and O–H groups in total. The number of carbonyl (C=O) groups excluding carboxylic acids is 1. The zero-order valence-corrected chi connectivity index (χ0v) is 15.0. The van der Waals surface area contributed by atoms with Gasteiger partial charge in [-0.3, -0.25) is 9.59 Å². The molecular weight excluding hydrogens is 363 g/mol. The molecule has 5 nitrogen and oxygen atoms in total. The Hall–Kier alpha value is -2.50. The van der Waals surface area contributed by atoms with Crippen LogP contribution in [-0.4, -0.2) is 18.0 Å². The van der Waals surface area contributed by atoms with Crippen LogP contribution in [0.5, 0.6) is 5.75 Å². The van der Waals surface area contributed by atoms with Crippen molar-refractivity contribution < 1.29 is 9.53 Å². The number of benzene rings is 2.